The molecule has 2 amide bonds. The molecule has 0 N–H and O–H groups in total. The molecule has 0 unspecified atom stereocenters. The average Bonchev–Trinajstić information content (AvgIpc) is 2.78. The summed E-state index contributed by atoms with van der Waals surface area (Å²) in [6.07, 6.45) is 0.360. The summed E-state index contributed by atoms with van der Waals surface area (Å²) in [5, 5.41) is 2.18. The van der Waals surface area contributed by atoms with Gasteiger partial charge in [0.2, 0.25) is 5.91 Å². The van der Waals surface area contributed by atoms with Crippen molar-refractivity contribution in [3.05, 3.63) is 77.9 Å². The molecule has 0 spiro atoms. The zero-order valence-corrected chi connectivity index (χ0v) is 17.4. The van der Waals surface area contributed by atoms with Crippen LogP contribution in [0.1, 0.15) is 22.8 Å². The van der Waals surface area contributed by atoms with E-state index in [1.54, 1.807) is 7.11 Å². The van der Waals surface area contributed by atoms with Crippen molar-refractivity contribution in [1.29, 1.82) is 0 Å². The van der Waals surface area contributed by atoms with Crippen LogP contribution in [0.2, 0.25) is 0 Å². The highest BCUT2D eigenvalue weighted by Gasteiger charge is 2.30. The van der Waals surface area contributed by atoms with Crippen LogP contribution >= 0.6 is 0 Å². The summed E-state index contributed by atoms with van der Waals surface area (Å²) in [7, 11) is 1.66. The maximum absolute atomic E-state index is 13.0. The molecule has 1 heterocycles. The molecule has 4 rings (SSSR count). The molecule has 0 radical (unpaired) electrons. The average molecular weight is 402 g/mol. The number of hydrogen-bond donors (Lipinski definition) is 0. The Morgan fingerprint density at radius 3 is 2.43 bits per heavy atom. The number of fused-ring (bicyclic) bond motifs is 1. The van der Waals surface area contributed by atoms with Crippen LogP contribution in [0, 0.1) is 0 Å². The molecule has 1 atom stereocenters. The summed E-state index contributed by atoms with van der Waals surface area (Å²) < 4.78 is 5.27. The van der Waals surface area contributed by atoms with Crippen LogP contribution in [-0.4, -0.2) is 54.4 Å². The van der Waals surface area contributed by atoms with Crippen LogP contribution in [0.15, 0.2) is 66.7 Å². The fourth-order valence-corrected chi connectivity index (χ4v) is 4.06. The molecule has 1 aliphatic rings. The molecule has 1 fully saturated rings. The molecule has 0 saturated carbocycles. The van der Waals surface area contributed by atoms with Crippen LogP contribution < -0.4 is 4.74 Å². The molecule has 0 aromatic heterocycles. The summed E-state index contributed by atoms with van der Waals surface area (Å²) >= 11 is 0. The van der Waals surface area contributed by atoms with Crippen molar-refractivity contribution in [3.8, 4) is 5.75 Å². The Hall–Kier alpha value is -3.34. The fraction of sp³-hybridized carbons (Fsp3) is 0.280. The second kappa shape index (κ2) is 8.57. The maximum atomic E-state index is 13.0. The lowest BCUT2D eigenvalue weighted by molar-refractivity contribution is -0.134. The molecule has 3 aromatic carbocycles. The number of ether oxygens (including phenoxy) is 1. The Morgan fingerprint density at radius 2 is 1.70 bits per heavy atom. The molecule has 5 heteroatoms. The first-order valence-corrected chi connectivity index (χ1v) is 10.3. The minimum Gasteiger partial charge on any atom is -0.497 e. The van der Waals surface area contributed by atoms with Crippen molar-refractivity contribution in [2.24, 2.45) is 0 Å². The lowest BCUT2D eigenvalue weighted by Crippen LogP contribution is -2.55. The van der Waals surface area contributed by atoms with Gasteiger partial charge < -0.3 is 14.5 Å². The third-order valence-corrected chi connectivity index (χ3v) is 5.72. The van der Waals surface area contributed by atoms with E-state index in [2.05, 4.69) is 6.07 Å². The Kier molecular flexibility index (Phi) is 5.70. The van der Waals surface area contributed by atoms with Gasteiger partial charge in [-0.05, 0) is 47.5 Å². The van der Waals surface area contributed by atoms with Gasteiger partial charge in [0.1, 0.15) is 5.75 Å². The van der Waals surface area contributed by atoms with Crippen LogP contribution in [0.3, 0.4) is 0 Å². The van der Waals surface area contributed by atoms with Gasteiger partial charge in [0.25, 0.3) is 5.91 Å². The van der Waals surface area contributed by atoms with E-state index >= 15 is 0 Å². The van der Waals surface area contributed by atoms with Crippen LogP contribution in [0.4, 0.5) is 0 Å². The zero-order chi connectivity index (χ0) is 21.1. The quantitative estimate of drug-likeness (QED) is 0.668. The van der Waals surface area contributed by atoms with Crippen molar-refractivity contribution in [1.82, 2.24) is 9.80 Å². The second-order valence-corrected chi connectivity index (χ2v) is 7.78. The van der Waals surface area contributed by atoms with E-state index in [4.69, 9.17) is 4.74 Å². The van der Waals surface area contributed by atoms with Crippen molar-refractivity contribution < 1.29 is 14.3 Å². The van der Waals surface area contributed by atoms with Gasteiger partial charge in [0, 0.05) is 31.2 Å². The maximum Gasteiger partial charge on any atom is 0.253 e. The molecule has 0 aliphatic carbocycles. The van der Waals surface area contributed by atoms with Gasteiger partial charge in [-0.2, -0.15) is 0 Å². The van der Waals surface area contributed by atoms with Gasteiger partial charge in [-0.15, -0.1) is 0 Å². The van der Waals surface area contributed by atoms with Crippen molar-refractivity contribution >= 4 is 22.6 Å². The van der Waals surface area contributed by atoms with E-state index in [9.17, 15) is 9.59 Å². The number of benzene rings is 3. The second-order valence-electron chi connectivity index (χ2n) is 7.78. The molecule has 1 aliphatic heterocycles. The van der Waals surface area contributed by atoms with Gasteiger partial charge >= 0.3 is 0 Å². The number of carbonyl (C=O) groups excluding carboxylic acids is 2. The summed E-state index contributed by atoms with van der Waals surface area (Å²) in [6, 6.07) is 21.3. The van der Waals surface area contributed by atoms with E-state index in [1.807, 2.05) is 77.4 Å². The molecule has 3 aromatic rings. The molecule has 0 bridgehead atoms. The monoisotopic (exact) mass is 402 g/mol. The molecule has 1 saturated heterocycles. The molecule has 154 valence electrons. The minimum atomic E-state index is -0.0105. The molecular formula is C25H26N2O3. The number of piperazine rings is 1. The Bertz CT molecular complexity index is 1060. The summed E-state index contributed by atoms with van der Waals surface area (Å²) in [6.45, 7) is 3.68. The number of amides is 2. The van der Waals surface area contributed by atoms with E-state index < -0.39 is 0 Å². The molecular weight excluding hydrogens is 376 g/mol. The predicted octanol–water partition coefficient (Wildman–Crippen LogP) is 3.76. The number of carbonyl (C=O) groups is 2. The van der Waals surface area contributed by atoms with Gasteiger partial charge in [0.05, 0.1) is 13.5 Å². The highest BCUT2D eigenvalue weighted by Crippen LogP contribution is 2.23. The van der Waals surface area contributed by atoms with Crippen molar-refractivity contribution in [3.63, 3.8) is 0 Å². The number of rotatable bonds is 4. The topological polar surface area (TPSA) is 49.9 Å². The first kappa shape index (κ1) is 20.0. The Labute approximate surface area is 176 Å². The normalized spacial score (nSPS) is 16.5. The number of methoxy groups -OCH3 is 1. The van der Waals surface area contributed by atoms with Crippen LogP contribution in [0.5, 0.6) is 5.75 Å². The first-order chi connectivity index (χ1) is 14.5. The first-order valence-electron chi connectivity index (χ1n) is 10.3. The van der Waals surface area contributed by atoms with Gasteiger partial charge in [-0.1, -0.05) is 42.5 Å². The molecule has 5 nitrogen and oxygen atoms in total. The van der Waals surface area contributed by atoms with E-state index in [-0.39, 0.29) is 17.9 Å². The summed E-state index contributed by atoms with van der Waals surface area (Å²) in [5.41, 5.74) is 1.69. The zero-order valence-electron chi connectivity index (χ0n) is 17.4. The minimum absolute atomic E-state index is 0.0105. The highest BCUT2D eigenvalue weighted by atomic mass is 16.5. The van der Waals surface area contributed by atoms with Crippen molar-refractivity contribution in [2.45, 2.75) is 19.4 Å². The Balaban J connectivity index is 1.41. The predicted molar refractivity (Wildman–Crippen MR) is 118 cm³/mol. The lowest BCUT2D eigenvalue weighted by Gasteiger charge is -2.40. The lowest BCUT2D eigenvalue weighted by atomic mass is 10.0. The highest BCUT2D eigenvalue weighted by molar-refractivity contribution is 5.94. The molecule has 30 heavy (non-hydrogen) atoms. The van der Waals surface area contributed by atoms with E-state index in [0.717, 1.165) is 22.1 Å². The summed E-state index contributed by atoms with van der Waals surface area (Å²) in [5.74, 6) is 0.949. The van der Waals surface area contributed by atoms with Gasteiger partial charge in [-0.3, -0.25) is 9.59 Å². The van der Waals surface area contributed by atoms with E-state index in [0.29, 0.717) is 31.6 Å². The summed E-state index contributed by atoms with van der Waals surface area (Å²) in [4.78, 5) is 29.4. The SMILES string of the molecule is COc1ccc2cc(CC(=O)N3CCN(C(=O)c4ccccc4)C[C@H]3C)ccc2c1. The van der Waals surface area contributed by atoms with Crippen LogP contribution in [-0.2, 0) is 11.2 Å². The Morgan fingerprint density at radius 1 is 0.967 bits per heavy atom. The smallest absolute Gasteiger partial charge is 0.253 e. The van der Waals surface area contributed by atoms with Gasteiger partial charge in [0.15, 0.2) is 0 Å². The van der Waals surface area contributed by atoms with Crippen LogP contribution in [0.25, 0.3) is 10.8 Å². The number of hydrogen-bond acceptors (Lipinski definition) is 3. The fourth-order valence-electron chi connectivity index (χ4n) is 4.06. The third kappa shape index (κ3) is 4.15. The van der Waals surface area contributed by atoms with Crippen molar-refractivity contribution in [2.75, 3.05) is 26.7 Å². The van der Waals surface area contributed by atoms with E-state index in [1.165, 1.54) is 0 Å². The van der Waals surface area contributed by atoms with Gasteiger partial charge in [-0.25, -0.2) is 0 Å². The largest absolute Gasteiger partial charge is 0.497 e. The standard InChI is InChI=1S/C25H26N2O3/c1-18-17-26(25(29)20-6-4-3-5-7-20)12-13-27(18)24(28)15-19-8-9-22-16-23(30-2)11-10-21(22)14-19/h3-11,14,16,18H,12-13,15,17H2,1-2H3/t18-/m1/s1. The third-order valence-electron chi connectivity index (χ3n) is 5.72. The number of nitrogens with zero attached hydrogens (tertiary/aromatic N) is 2.